The van der Waals surface area contributed by atoms with E-state index in [4.69, 9.17) is 11.6 Å². The number of H-pyrrole nitrogens is 1. The third-order valence-corrected chi connectivity index (χ3v) is 1.91. The molecule has 3 nitrogen and oxygen atoms in total. The number of nitrogens with zero attached hydrogens (tertiary/aromatic N) is 1. The molecule has 0 fully saturated rings. The van der Waals surface area contributed by atoms with Crippen LogP contribution in [-0.4, -0.2) is 10.2 Å². The van der Waals surface area contributed by atoms with Crippen LogP contribution in [0.2, 0.25) is 0 Å². The van der Waals surface area contributed by atoms with Crippen molar-refractivity contribution in [2.75, 3.05) is 0 Å². The molecule has 84 valence electrons. The van der Waals surface area contributed by atoms with Gasteiger partial charge >= 0.3 is 6.18 Å². The van der Waals surface area contributed by atoms with E-state index < -0.39 is 22.2 Å². The second-order valence-corrected chi connectivity index (χ2v) is 4.41. The van der Waals surface area contributed by atoms with Gasteiger partial charge in [-0.15, -0.1) is 11.6 Å². The molecule has 0 atom stereocenters. The van der Waals surface area contributed by atoms with Crippen molar-refractivity contribution in [3.05, 3.63) is 27.7 Å². The molecule has 0 aromatic carbocycles. The van der Waals surface area contributed by atoms with Crippen LogP contribution in [0.4, 0.5) is 13.2 Å². The van der Waals surface area contributed by atoms with Gasteiger partial charge in [-0.25, -0.2) is 5.10 Å². The molecule has 0 aliphatic carbocycles. The Balaban J connectivity index is 3.37. The van der Waals surface area contributed by atoms with Crippen molar-refractivity contribution in [1.29, 1.82) is 0 Å². The van der Waals surface area contributed by atoms with Gasteiger partial charge in [0.15, 0.2) is 0 Å². The van der Waals surface area contributed by atoms with E-state index in [9.17, 15) is 18.0 Å². The van der Waals surface area contributed by atoms with Crippen molar-refractivity contribution in [3.8, 4) is 0 Å². The number of hydrogen-bond acceptors (Lipinski definition) is 2. The molecule has 7 heteroatoms. The second-order valence-electron chi connectivity index (χ2n) is 3.47. The van der Waals surface area contributed by atoms with E-state index in [0.29, 0.717) is 6.07 Å². The van der Waals surface area contributed by atoms with E-state index in [0.717, 1.165) is 0 Å². The standard InChI is InChI=1S/C8H8ClF3N2O/c1-7(2,9)5-3-4(8(10,11)12)6(15)14-13-5/h3H,1-2H3,(H,14,15). The van der Waals surface area contributed by atoms with Gasteiger partial charge in [0.2, 0.25) is 0 Å². The Labute approximate surface area is 88.3 Å². The predicted molar refractivity (Wildman–Crippen MR) is 48.7 cm³/mol. The van der Waals surface area contributed by atoms with Crippen molar-refractivity contribution >= 4 is 11.6 Å². The zero-order valence-corrected chi connectivity index (χ0v) is 8.70. The molecule has 1 rings (SSSR count). The molecule has 0 amide bonds. The molecule has 1 aromatic heterocycles. The molecule has 0 aliphatic heterocycles. The van der Waals surface area contributed by atoms with Crippen molar-refractivity contribution < 1.29 is 13.2 Å². The quantitative estimate of drug-likeness (QED) is 0.766. The highest BCUT2D eigenvalue weighted by molar-refractivity contribution is 6.23. The van der Waals surface area contributed by atoms with Crippen LogP contribution in [0.1, 0.15) is 25.1 Å². The summed E-state index contributed by atoms with van der Waals surface area (Å²) in [4.78, 5) is 9.80. The summed E-state index contributed by atoms with van der Waals surface area (Å²) in [7, 11) is 0. The molecular weight excluding hydrogens is 233 g/mol. The largest absolute Gasteiger partial charge is 0.421 e. The maximum Gasteiger partial charge on any atom is 0.421 e. The fourth-order valence-corrected chi connectivity index (χ4v) is 1.02. The lowest BCUT2D eigenvalue weighted by molar-refractivity contribution is -0.138. The molecule has 0 radical (unpaired) electrons. The monoisotopic (exact) mass is 240 g/mol. The van der Waals surface area contributed by atoms with Crippen LogP contribution < -0.4 is 5.56 Å². The van der Waals surface area contributed by atoms with E-state index in [1.54, 1.807) is 5.10 Å². The van der Waals surface area contributed by atoms with Crippen molar-refractivity contribution in [1.82, 2.24) is 10.2 Å². The average Bonchev–Trinajstić information content (AvgIpc) is 2.00. The van der Waals surface area contributed by atoms with Crippen LogP contribution >= 0.6 is 11.6 Å². The summed E-state index contributed by atoms with van der Waals surface area (Å²) in [5, 5.41) is 5.23. The smallest absolute Gasteiger partial charge is 0.267 e. The molecule has 0 unspecified atom stereocenters. The lowest BCUT2D eigenvalue weighted by Crippen LogP contribution is -2.25. The summed E-state index contributed by atoms with van der Waals surface area (Å²) < 4.78 is 37.0. The fraction of sp³-hybridized carbons (Fsp3) is 0.500. The molecule has 0 saturated carbocycles. The summed E-state index contributed by atoms with van der Waals surface area (Å²) in [5.74, 6) is 0. The van der Waals surface area contributed by atoms with Crippen LogP contribution in [0.5, 0.6) is 0 Å². The van der Waals surface area contributed by atoms with E-state index in [1.807, 2.05) is 0 Å². The maximum absolute atomic E-state index is 12.3. The van der Waals surface area contributed by atoms with E-state index >= 15 is 0 Å². The highest BCUT2D eigenvalue weighted by Crippen LogP contribution is 2.30. The van der Waals surface area contributed by atoms with Gasteiger partial charge in [-0.3, -0.25) is 4.79 Å². The Bertz CT molecular complexity index is 419. The normalized spacial score (nSPS) is 12.9. The van der Waals surface area contributed by atoms with Gasteiger partial charge in [0.25, 0.3) is 5.56 Å². The number of nitrogens with one attached hydrogen (secondary N) is 1. The van der Waals surface area contributed by atoms with E-state index in [1.165, 1.54) is 13.8 Å². The van der Waals surface area contributed by atoms with Crippen LogP contribution in [0.15, 0.2) is 10.9 Å². The Morgan fingerprint density at radius 3 is 2.33 bits per heavy atom. The number of aromatic nitrogens is 2. The number of hydrogen-bond donors (Lipinski definition) is 1. The molecule has 0 spiro atoms. The molecule has 0 saturated heterocycles. The Kier molecular flexibility index (Phi) is 2.82. The Morgan fingerprint density at radius 2 is 1.93 bits per heavy atom. The minimum absolute atomic E-state index is 0.0314. The third-order valence-electron chi connectivity index (χ3n) is 1.72. The highest BCUT2D eigenvalue weighted by Gasteiger charge is 2.35. The van der Waals surface area contributed by atoms with Crippen molar-refractivity contribution in [3.63, 3.8) is 0 Å². The number of alkyl halides is 4. The minimum atomic E-state index is -4.70. The summed E-state index contributed by atoms with van der Waals surface area (Å²) in [6, 6.07) is 0.659. The van der Waals surface area contributed by atoms with Crippen LogP contribution in [-0.2, 0) is 11.1 Å². The van der Waals surface area contributed by atoms with Crippen LogP contribution in [0, 0.1) is 0 Å². The van der Waals surface area contributed by atoms with Crippen LogP contribution in [0.3, 0.4) is 0 Å². The number of halogens is 4. The highest BCUT2D eigenvalue weighted by atomic mass is 35.5. The zero-order chi connectivity index (χ0) is 11.9. The fourth-order valence-electron chi connectivity index (χ4n) is 0.921. The lowest BCUT2D eigenvalue weighted by Gasteiger charge is -2.15. The molecule has 0 aliphatic rings. The summed E-state index contributed by atoms with van der Waals surface area (Å²) >= 11 is 5.78. The second kappa shape index (κ2) is 3.52. The number of aromatic amines is 1. The lowest BCUT2D eigenvalue weighted by atomic mass is 10.1. The molecular formula is C8H8ClF3N2O. The van der Waals surface area contributed by atoms with Gasteiger partial charge in [-0.05, 0) is 19.9 Å². The van der Waals surface area contributed by atoms with Gasteiger partial charge in [0.05, 0.1) is 10.6 Å². The Hall–Kier alpha value is -1.04. The molecule has 0 bridgehead atoms. The number of rotatable bonds is 1. The first-order valence-corrected chi connectivity index (χ1v) is 4.36. The van der Waals surface area contributed by atoms with Gasteiger partial charge in [-0.1, -0.05) is 0 Å². The van der Waals surface area contributed by atoms with E-state index in [2.05, 4.69) is 5.10 Å². The molecule has 15 heavy (non-hydrogen) atoms. The first kappa shape index (κ1) is 12.0. The third kappa shape index (κ3) is 2.71. The van der Waals surface area contributed by atoms with Crippen molar-refractivity contribution in [2.45, 2.75) is 24.9 Å². The zero-order valence-electron chi connectivity index (χ0n) is 7.94. The molecule has 1 N–H and O–H groups in total. The van der Waals surface area contributed by atoms with Crippen LogP contribution in [0.25, 0.3) is 0 Å². The van der Waals surface area contributed by atoms with Gasteiger partial charge in [-0.2, -0.15) is 18.3 Å². The van der Waals surface area contributed by atoms with E-state index in [-0.39, 0.29) is 5.69 Å². The first-order chi connectivity index (χ1) is 6.62. The topological polar surface area (TPSA) is 45.8 Å². The minimum Gasteiger partial charge on any atom is -0.267 e. The Morgan fingerprint density at radius 1 is 1.40 bits per heavy atom. The SMILES string of the molecule is CC(C)(Cl)c1cc(C(F)(F)F)c(=O)[nH]n1. The maximum atomic E-state index is 12.3. The molecule has 1 heterocycles. The summed E-state index contributed by atoms with van der Waals surface area (Å²) in [6.45, 7) is 2.96. The average molecular weight is 241 g/mol. The van der Waals surface area contributed by atoms with Gasteiger partial charge < -0.3 is 0 Å². The van der Waals surface area contributed by atoms with Gasteiger partial charge in [0, 0.05) is 0 Å². The van der Waals surface area contributed by atoms with Crippen molar-refractivity contribution in [2.24, 2.45) is 0 Å². The van der Waals surface area contributed by atoms with Gasteiger partial charge in [0.1, 0.15) is 5.56 Å². The summed E-state index contributed by atoms with van der Waals surface area (Å²) in [5.41, 5.74) is -2.59. The summed E-state index contributed by atoms with van der Waals surface area (Å²) in [6.07, 6.45) is -4.70. The predicted octanol–water partition coefficient (Wildman–Crippen LogP) is 2.26. The first-order valence-electron chi connectivity index (χ1n) is 3.98. The molecule has 1 aromatic rings.